The molecule has 1 N–H and O–H groups in total. The lowest BCUT2D eigenvalue weighted by molar-refractivity contribution is 0.0572. The van der Waals surface area contributed by atoms with Gasteiger partial charge < -0.3 is 10.0 Å². The molecule has 0 unspecified atom stereocenters. The zero-order chi connectivity index (χ0) is 15.7. The van der Waals surface area contributed by atoms with Crippen molar-refractivity contribution in [2.75, 3.05) is 19.6 Å². The second-order valence-electron chi connectivity index (χ2n) is 6.29. The van der Waals surface area contributed by atoms with Crippen LogP contribution >= 0.6 is 0 Å². The molecule has 1 aliphatic heterocycles. The Balaban J connectivity index is 2.18. The predicted molar refractivity (Wildman–Crippen MR) is 84.8 cm³/mol. The summed E-state index contributed by atoms with van der Waals surface area (Å²) in [6.45, 7) is 12.9. The van der Waals surface area contributed by atoms with Crippen molar-refractivity contribution in [2.45, 2.75) is 46.7 Å². The number of hydrogen-bond acceptors (Lipinski definition) is 2. The normalized spacial score (nSPS) is 21.4. The molecule has 1 aliphatic rings. The van der Waals surface area contributed by atoms with Gasteiger partial charge in [0.25, 0.3) is 0 Å². The van der Waals surface area contributed by atoms with Gasteiger partial charge in [0, 0.05) is 31.7 Å². The van der Waals surface area contributed by atoms with Gasteiger partial charge in [-0.15, -0.1) is 0 Å². The minimum absolute atomic E-state index is 0.0462. The Morgan fingerprint density at radius 3 is 2.52 bits per heavy atom. The van der Waals surface area contributed by atoms with Crippen molar-refractivity contribution in [3.05, 3.63) is 34.4 Å². The fourth-order valence-electron chi connectivity index (χ4n) is 3.32. The second-order valence-corrected chi connectivity index (χ2v) is 6.29. The molecule has 1 fully saturated rings. The van der Waals surface area contributed by atoms with E-state index in [1.54, 1.807) is 0 Å². The molecule has 1 amide bonds. The quantitative estimate of drug-likeness (QED) is 0.908. The number of benzene rings is 1. The first-order valence-electron chi connectivity index (χ1n) is 7.62. The summed E-state index contributed by atoms with van der Waals surface area (Å²) in [4.78, 5) is 15.1. The fourth-order valence-corrected chi connectivity index (χ4v) is 3.32. The second kappa shape index (κ2) is 6.06. The van der Waals surface area contributed by atoms with E-state index in [0.717, 1.165) is 13.1 Å². The third kappa shape index (κ3) is 3.21. The highest BCUT2D eigenvalue weighted by molar-refractivity contribution is 5.65. The van der Waals surface area contributed by atoms with Crippen LogP contribution in [0.4, 0.5) is 4.79 Å². The highest BCUT2D eigenvalue weighted by Crippen LogP contribution is 2.28. The Labute approximate surface area is 127 Å². The van der Waals surface area contributed by atoms with Gasteiger partial charge in [-0.2, -0.15) is 0 Å². The number of rotatable bonds is 2. The Morgan fingerprint density at radius 1 is 1.29 bits per heavy atom. The smallest absolute Gasteiger partial charge is 0.407 e. The largest absolute Gasteiger partial charge is 0.465 e. The summed E-state index contributed by atoms with van der Waals surface area (Å²) in [5.74, 6) is 0. The maximum absolute atomic E-state index is 11.2. The summed E-state index contributed by atoms with van der Waals surface area (Å²) in [6.07, 6.45) is -0.808. The lowest BCUT2D eigenvalue weighted by Crippen LogP contribution is -2.54. The molecule has 1 saturated heterocycles. The van der Waals surface area contributed by atoms with Gasteiger partial charge in [0.05, 0.1) is 0 Å². The SMILES string of the molecule is Cc1cc(C)c(C)c([C@@H](C)N2CCN(C(=O)O)[C@H](C)C2)c1. The van der Waals surface area contributed by atoms with Crippen LogP contribution in [0.2, 0.25) is 0 Å². The number of piperazine rings is 1. The van der Waals surface area contributed by atoms with Crippen LogP contribution in [0.1, 0.15) is 42.1 Å². The van der Waals surface area contributed by atoms with Crippen molar-refractivity contribution < 1.29 is 9.90 Å². The summed E-state index contributed by atoms with van der Waals surface area (Å²) >= 11 is 0. The summed E-state index contributed by atoms with van der Waals surface area (Å²) in [5.41, 5.74) is 5.33. The standard InChI is InChI=1S/C17H26N2O2/c1-11-8-12(2)14(4)16(9-11)15(5)18-6-7-19(17(20)21)13(3)10-18/h8-9,13,15H,6-7,10H2,1-5H3,(H,20,21)/t13-,15-/m1/s1. The fraction of sp³-hybridized carbons (Fsp3) is 0.588. The molecule has 116 valence electrons. The van der Waals surface area contributed by atoms with Crippen LogP contribution in [0.3, 0.4) is 0 Å². The van der Waals surface area contributed by atoms with Crippen LogP contribution in [-0.4, -0.2) is 46.7 Å². The number of aryl methyl sites for hydroxylation is 2. The maximum Gasteiger partial charge on any atom is 0.407 e. The van der Waals surface area contributed by atoms with Crippen LogP contribution in [0.25, 0.3) is 0 Å². The van der Waals surface area contributed by atoms with Gasteiger partial charge in [-0.1, -0.05) is 17.7 Å². The van der Waals surface area contributed by atoms with E-state index < -0.39 is 6.09 Å². The van der Waals surface area contributed by atoms with Gasteiger partial charge in [-0.3, -0.25) is 4.90 Å². The van der Waals surface area contributed by atoms with Crippen LogP contribution in [-0.2, 0) is 0 Å². The van der Waals surface area contributed by atoms with Gasteiger partial charge in [0.15, 0.2) is 0 Å². The highest BCUT2D eigenvalue weighted by Gasteiger charge is 2.30. The molecule has 0 saturated carbocycles. The third-order valence-electron chi connectivity index (χ3n) is 4.75. The third-order valence-corrected chi connectivity index (χ3v) is 4.75. The van der Waals surface area contributed by atoms with Crippen LogP contribution in [0, 0.1) is 20.8 Å². The average Bonchev–Trinajstić information content (AvgIpc) is 2.41. The van der Waals surface area contributed by atoms with Crippen LogP contribution in [0.15, 0.2) is 12.1 Å². The van der Waals surface area contributed by atoms with Crippen LogP contribution < -0.4 is 0 Å². The minimum atomic E-state index is -0.808. The zero-order valence-corrected chi connectivity index (χ0v) is 13.7. The Kier molecular flexibility index (Phi) is 4.57. The topological polar surface area (TPSA) is 43.8 Å². The zero-order valence-electron chi connectivity index (χ0n) is 13.7. The molecule has 1 heterocycles. The van der Waals surface area contributed by atoms with E-state index in [1.165, 1.54) is 27.2 Å². The van der Waals surface area contributed by atoms with Gasteiger partial charge in [-0.25, -0.2) is 4.79 Å². The molecule has 0 radical (unpaired) electrons. The van der Waals surface area contributed by atoms with E-state index in [2.05, 4.69) is 44.7 Å². The summed E-state index contributed by atoms with van der Waals surface area (Å²) < 4.78 is 0. The predicted octanol–water partition coefficient (Wildman–Crippen LogP) is 3.36. The molecule has 0 aliphatic carbocycles. The number of carbonyl (C=O) groups is 1. The van der Waals surface area contributed by atoms with E-state index in [4.69, 9.17) is 0 Å². The Morgan fingerprint density at radius 2 is 1.95 bits per heavy atom. The molecular formula is C17H26N2O2. The monoisotopic (exact) mass is 290 g/mol. The van der Waals surface area contributed by atoms with E-state index in [0.29, 0.717) is 12.6 Å². The molecule has 1 aromatic rings. The van der Waals surface area contributed by atoms with Crippen molar-refractivity contribution in [3.8, 4) is 0 Å². The van der Waals surface area contributed by atoms with Crippen molar-refractivity contribution >= 4 is 6.09 Å². The number of carboxylic acid groups (broad SMARTS) is 1. The maximum atomic E-state index is 11.2. The number of amides is 1. The first kappa shape index (κ1) is 15.8. The van der Waals surface area contributed by atoms with Gasteiger partial charge >= 0.3 is 6.09 Å². The minimum Gasteiger partial charge on any atom is -0.465 e. The Bertz CT molecular complexity index is 542. The van der Waals surface area contributed by atoms with Gasteiger partial charge in [0.1, 0.15) is 0 Å². The van der Waals surface area contributed by atoms with Gasteiger partial charge in [-0.05, 0) is 51.3 Å². The first-order chi connectivity index (χ1) is 9.81. The van der Waals surface area contributed by atoms with Crippen molar-refractivity contribution in [1.29, 1.82) is 0 Å². The molecule has 0 aromatic heterocycles. The molecule has 0 bridgehead atoms. The molecule has 2 atom stereocenters. The molecule has 1 aromatic carbocycles. The van der Waals surface area contributed by atoms with Crippen molar-refractivity contribution in [1.82, 2.24) is 9.80 Å². The molecular weight excluding hydrogens is 264 g/mol. The van der Waals surface area contributed by atoms with Crippen LogP contribution in [0.5, 0.6) is 0 Å². The van der Waals surface area contributed by atoms with E-state index in [9.17, 15) is 9.90 Å². The summed E-state index contributed by atoms with van der Waals surface area (Å²) in [7, 11) is 0. The highest BCUT2D eigenvalue weighted by atomic mass is 16.4. The number of nitrogens with zero attached hydrogens (tertiary/aromatic N) is 2. The van der Waals surface area contributed by atoms with Gasteiger partial charge in [0.2, 0.25) is 0 Å². The summed E-state index contributed by atoms with van der Waals surface area (Å²) in [5, 5.41) is 9.17. The lowest BCUT2D eigenvalue weighted by atomic mass is 9.94. The first-order valence-corrected chi connectivity index (χ1v) is 7.62. The van der Waals surface area contributed by atoms with E-state index in [1.807, 2.05) is 6.92 Å². The lowest BCUT2D eigenvalue weighted by Gasteiger charge is -2.41. The average molecular weight is 290 g/mol. The molecule has 21 heavy (non-hydrogen) atoms. The van der Waals surface area contributed by atoms with Crippen molar-refractivity contribution in [3.63, 3.8) is 0 Å². The van der Waals surface area contributed by atoms with E-state index >= 15 is 0 Å². The summed E-state index contributed by atoms with van der Waals surface area (Å²) in [6, 6.07) is 4.85. The van der Waals surface area contributed by atoms with Crippen molar-refractivity contribution in [2.24, 2.45) is 0 Å². The number of hydrogen-bond donors (Lipinski definition) is 1. The molecule has 0 spiro atoms. The Hall–Kier alpha value is -1.55. The van der Waals surface area contributed by atoms with E-state index in [-0.39, 0.29) is 6.04 Å². The molecule has 4 nitrogen and oxygen atoms in total. The molecule has 4 heteroatoms. The molecule has 2 rings (SSSR count).